The Labute approximate surface area is 259 Å². The number of anilines is 1. The molecule has 44 heavy (non-hydrogen) atoms. The summed E-state index contributed by atoms with van der Waals surface area (Å²) >= 11 is 0. The second-order valence-corrected chi connectivity index (χ2v) is 14.4. The van der Waals surface area contributed by atoms with Crippen molar-refractivity contribution >= 4 is 35.4 Å². The molecular formula is C33H45N5O6. The fourth-order valence-corrected chi connectivity index (χ4v) is 7.59. The first-order valence-electron chi connectivity index (χ1n) is 16.2. The van der Waals surface area contributed by atoms with Crippen molar-refractivity contribution in [1.82, 2.24) is 20.0 Å². The van der Waals surface area contributed by atoms with E-state index in [0.717, 1.165) is 82.1 Å². The highest BCUT2D eigenvalue weighted by molar-refractivity contribution is 6.23. The van der Waals surface area contributed by atoms with Crippen LogP contribution in [0.25, 0.3) is 0 Å². The number of carbonyl (C=O) groups excluding carboxylic acids is 5. The zero-order valence-electron chi connectivity index (χ0n) is 26.2. The molecule has 0 radical (unpaired) electrons. The van der Waals surface area contributed by atoms with Gasteiger partial charge in [-0.05, 0) is 108 Å². The van der Waals surface area contributed by atoms with E-state index < -0.39 is 29.4 Å². The van der Waals surface area contributed by atoms with Crippen molar-refractivity contribution in [1.29, 1.82) is 0 Å². The molecule has 0 saturated carbocycles. The van der Waals surface area contributed by atoms with E-state index >= 15 is 0 Å². The van der Waals surface area contributed by atoms with Crippen LogP contribution in [0.2, 0.25) is 0 Å². The molecule has 0 aliphatic carbocycles. The summed E-state index contributed by atoms with van der Waals surface area (Å²) in [5, 5.41) is 2.25. The summed E-state index contributed by atoms with van der Waals surface area (Å²) in [6, 6.07) is 4.47. The van der Waals surface area contributed by atoms with Gasteiger partial charge in [0.2, 0.25) is 11.8 Å². The number of carbonyl (C=O) groups is 5. The lowest BCUT2D eigenvalue weighted by molar-refractivity contribution is -0.136. The second kappa shape index (κ2) is 11.8. The lowest BCUT2D eigenvalue weighted by atomic mass is 9.71. The number of benzene rings is 1. The molecule has 1 spiro atoms. The fraction of sp³-hybridized carbons (Fsp3) is 0.667. The zero-order chi connectivity index (χ0) is 31.2. The van der Waals surface area contributed by atoms with E-state index in [0.29, 0.717) is 22.5 Å². The van der Waals surface area contributed by atoms with Crippen LogP contribution in [-0.2, 0) is 14.3 Å². The molecule has 5 heterocycles. The molecule has 5 amide bonds. The summed E-state index contributed by atoms with van der Waals surface area (Å²) in [4.78, 5) is 70.5. The molecule has 1 atom stereocenters. The summed E-state index contributed by atoms with van der Waals surface area (Å²) in [6.07, 6.45) is 6.69. The molecule has 1 aromatic carbocycles. The molecule has 5 aliphatic rings. The number of fused-ring (bicyclic) bond motifs is 1. The predicted octanol–water partition coefficient (Wildman–Crippen LogP) is 3.42. The molecular weight excluding hydrogens is 562 g/mol. The number of ether oxygens (including phenoxy) is 1. The number of rotatable bonds is 4. The van der Waals surface area contributed by atoms with Gasteiger partial charge in [-0.2, -0.15) is 0 Å². The van der Waals surface area contributed by atoms with E-state index in [2.05, 4.69) is 15.1 Å². The fourth-order valence-electron chi connectivity index (χ4n) is 7.59. The van der Waals surface area contributed by atoms with Crippen molar-refractivity contribution in [2.45, 2.75) is 83.8 Å². The minimum atomic E-state index is -0.950. The molecule has 6 rings (SSSR count). The molecule has 0 aromatic heterocycles. The number of nitrogens with one attached hydrogen (secondary N) is 1. The van der Waals surface area contributed by atoms with Crippen LogP contribution in [0.1, 0.15) is 92.9 Å². The third-order valence-electron chi connectivity index (χ3n) is 10.3. The van der Waals surface area contributed by atoms with Gasteiger partial charge in [-0.15, -0.1) is 0 Å². The number of likely N-dealkylation sites (tertiary alicyclic amines) is 2. The van der Waals surface area contributed by atoms with Gasteiger partial charge in [0.25, 0.3) is 11.8 Å². The molecule has 11 heteroatoms. The van der Waals surface area contributed by atoms with Crippen LogP contribution in [0.15, 0.2) is 18.2 Å². The van der Waals surface area contributed by atoms with Crippen LogP contribution in [0, 0.1) is 11.3 Å². The third-order valence-corrected chi connectivity index (χ3v) is 10.3. The molecule has 0 bridgehead atoms. The Morgan fingerprint density at radius 1 is 0.886 bits per heavy atom. The highest BCUT2D eigenvalue weighted by Gasteiger charge is 2.45. The minimum absolute atomic E-state index is 0.109. The Morgan fingerprint density at radius 2 is 1.52 bits per heavy atom. The van der Waals surface area contributed by atoms with E-state index in [1.807, 2.05) is 31.7 Å². The smallest absolute Gasteiger partial charge is 0.410 e. The van der Waals surface area contributed by atoms with Gasteiger partial charge in [-0.3, -0.25) is 29.4 Å². The molecule has 4 fully saturated rings. The summed E-state index contributed by atoms with van der Waals surface area (Å²) in [6.45, 7) is 12.4. The van der Waals surface area contributed by atoms with E-state index in [1.165, 1.54) is 12.8 Å². The summed E-state index contributed by atoms with van der Waals surface area (Å²) in [7, 11) is 0. The monoisotopic (exact) mass is 607 g/mol. The van der Waals surface area contributed by atoms with Crippen LogP contribution in [0.3, 0.4) is 0 Å². The molecule has 1 unspecified atom stereocenters. The van der Waals surface area contributed by atoms with Gasteiger partial charge in [0, 0.05) is 44.8 Å². The third kappa shape index (κ3) is 6.20. The largest absolute Gasteiger partial charge is 0.444 e. The molecule has 1 aromatic rings. The van der Waals surface area contributed by atoms with Gasteiger partial charge >= 0.3 is 6.09 Å². The van der Waals surface area contributed by atoms with Crippen molar-refractivity contribution in [3.8, 4) is 0 Å². The van der Waals surface area contributed by atoms with Gasteiger partial charge in [-0.1, -0.05) is 0 Å². The first kappa shape index (κ1) is 30.6. The summed E-state index contributed by atoms with van der Waals surface area (Å²) in [5.41, 5.74) is 1.47. The van der Waals surface area contributed by atoms with E-state index in [1.54, 1.807) is 12.1 Å². The van der Waals surface area contributed by atoms with Crippen LogP contribution >= 0.6 is 0 Å². The highest BCUT2D eigenvalue weighted by Crippen LogP contribution is 2.43. The van der Waals surface area contributed by atoms with Crippen LogP contribution in [0.4, 0.5) is 10.5 Å². The average Bonchev–Trinajstić information content (AvgIpc) is 3.23. The zero-order valence-corrected chi connectivity index (χ0v) is 26.2. The Kier molecular flexibility index (Phi) is 8.19. The number of nitrogens with zero attached hydrogens (tertiary/aromatic N) is 4. The Balaban J connectivity index is 0.981. The molecule has 4 saturated heterocycles. The Bertz CT molecular complexity index is 1330. The van der Waals surface area contributed by atoms with E-state index in [-0.39, 0.29) is 24.8 Å². The average molecular weight is 608 g/mol. The standard InChI is InChI=1S/C33H45N5O6/c1-32(2,3)44-31(43)37-14-8-22(9-15-37)21-35-16-10-33(11-17-35)12-18-36(19-13-33)23-4-5-24-25(20-23)30(42)38(29(24)41)26-6-7-27(39)34-28(26)40/h4-5,20,22,26H,6-19,21H2,1-3H3,(H,34,39,40). The Hall–Kier alpha value is -3.47. The number of imide groups is 2. The van der Waals surface area contributed by atoms with E-state index in [9.17, 15) is 24.0 Å². The minimum Gasteiger partial charge on any atom is -0.444 e. The highest BCUT2D eigenvalue weighted by atomic mass is 16.6. The lowest BCUT2D eigenvalue weighted by Crippen LogP contribution is -2.54. The van der Waals surface area contributed by atoms with Crippen molar-refractivity contribution in [3.63, 3.8) is 0 Å². The maximum atomic E-state index is 13.3. The SMILES string of the molecule is CC(C)(C)OC(=O)N1CCC(CN2CCC3(CC2)CCN(c2ccc4c(c2)C(=O)N(C2CCC(=O)NC2=O)C4=O)CC3)CC1. The number of hydrogen-bond acceptors (Lipinski definition) is 8. The van der Waals surface area contributed by atoms with Gasteiger partial charge in [-0.25, -0.2) is 4.79 Å². The number of hydrogen-bond donors (Lipinski definition) is 1. The maximum absolute atomic E-state index is 13.3. The van der Waals surface area contributed by atoms with Gasteiger partial charge in [0.1, 0.15) is 11.6 Å². The number of amides is 5. The lowest BCUT2D eigenvalue weighted by Gasteiger charge is -2.48. The Morgan fingerprint density at radius 3 is 2.16 bits per heavy atom. The predicted molar refractivity (Wildman–Crippen MR) is 163 cm³/mol. The van der Waals surface area contributed by atoms with E-state index in [4.69, 9.17) is 4.74 Å². The second-order valence-electron chi connectivity index (χ2n) is 14.4. The van der Waals surface area contributed by atoms with Crippen molar-refractivity contribution in [2.75, 3.05) is 50.7 Å². The van der Waals surface area contributed by atoms with Gasteiger partial charge in [0.05, 0.1) is 11.1 Å². The quantitative estimate of drug-likeness (QED) is 0.518. The molecule has 238 valence electrons. The normalized spacial score (nSPS) is 25.0. The first-order valence-corrected chi connectivity index (χ1v) is 16.2. The molecule has 11 nitrogen and oxygen atoms in total. The van der Waals surface area contributed by atoms with Crippen molar-refractivity contribution in [3.05, 3.63) is 29.3 Å². The van der Waals surface area contributed by atoms with Gasteiger partial charge < -0.3 is 19.4 Å². The van der Waals surface area contributed by atoms with Gasteiger partial charge in [0.15, 0.2) is 0 Å². The van der Waals surface area contributed by atoms with Crippen molar-refractivity contribution in [2.24, 2.45) is 11.3 Å². The van der Waals surface area contributed by atoms with Crippen molar-refractivity contribution < 1.29 is 28.7 Å². The van der Waals surface area contributed by atoms with Crippen LogP contribution in [-0.4, -0.2) is 102 Å². The van der Waals surface area contributed by atoms with Crippen LogP contribution < -0.4 is 10.2 Å². The summed E-state index contributed by atoms with van der Waals surface area (Å²) in [5.74, 6) is -1.28. The van der Waals surface area contributed by atoms with Crippen LogP contribution in [0.5, 0.6) is 0 Å². The molecule has 1 N–H and O–H groups in total. The summed E-state index contributed by atoms with van der Waals surface area (Å²) < 4.78 is 5.54. The number of piperidine rings is 4. The maximum Gasteiger partial charge on any atom is 0.410 e. The topological polar surface area (TPSA) is 120 Å². The molecule has 5 aliphatic heterocycles. The first-order chi connectivity index (χ1) is 20.9.